The fourth-order valence-corrected chi connectivity index (χ4v) is 2.94. The molecule has 128 valence electrons. The second kappa shape index (κ2) is 6.81. The summed E-state index contributed by atoms with van der Waals surface area (Å²) in [6.07, 6.45) is -0.904. The van der Waals surface area contributed by atoms with Gasteiger partial charge in [0.25, 0.3) is 0 Å². The predicted octanol–water partition coefficient (Wildman–Crippen LogP) is 5.31. The third-order valence-electron chi connectivity index (χ3n) is 4.26. The van der Waals surface area contributed by atoms with Crippen LogP contribution in [0.1, 0.15) is 30.4 Å². The number of hydrogen-bond acceptors (Lipinski definition) is 2. The lowest BCUT2D eigenvalue weighted by molar-refractivity contribution is -0.137. The Kier molecular flexibility index (Phi) is 4.76. The minimum atomic E-state index is -4.34. The first-order valence-electron chi connectivity index (χ1n) is 8.05. The maximum absolute atomic E-state index is 12.7. The number of halogens is 3. The van der Waals surface area contributed by atoms with Crippen LogP contribution in [-0.2, 0) is 12.7 Å². The quantitative estimate of drug-likeness (QED) is 0.763. The molecule has 1 aromatic carbocycles. The van der Waals surface area contributed by atoms with Crippen LogP contribution in [0, 0.1) is 0 Å². The molecule has 0 aliphatic carbocycles. The van der Waals surface area contributed by atoms with Gasteiger partial charge in [-0.2, -0.15) is 13.2 Å². The van der Waals surface area contributed by atoms with E-state index in [4.69, 9.17) is 5.73 Å². The molecule has 1 aromatic heterocycles. The number of aromatic nitrogens is 1. The summed E-state index contributed by atoms with van der Waals surface area (Å²) < 4.78 is 38.1. The average Bonchev–Trinajstić information content (AvgIpc) is 2.61. The summed E-state index contributed by atoms with van der Waals surface area (Å²) in [4.78, 5) is 6.82. The molecule has 1 fully saturated rings. The summed E-state index contributed by atoms with van der Waals surface area (Å²) >= 11 is 0. The average molecular weight is 334 g/mol. The lowest BCUT2D eigenvalue weighted by Gasteiger charge is -2.28. The molecular weight excluding hydrogens is 315 g/mol. The highest BCUT2D eigenvalue weighted by molar-refractivity contribution is 5.63. The van der Waals surface area contributed by atoms with Crippen molar-refractivity contribution < 1.29 is 13.2 Å². The predicted molar refractivity (Wildman–Crippen MR) is 88.8 cm³/mol. The van der Waals surface area contributed by atoms with Gasteiger partial charge >= 0.3 is 6.18 Å². The van der Waals surface area contributed by atoms with Crippen molar-refractivity contribution in [2.75, 3.05) is 18.0 Å². The Bertz CT molecular complexity index is 690. The second-order valence-electron chi connectivity index (χ2n) is 6.02. The number of alkyl halides is 3. The van der Waals surface area contributed by atoms with E-state index in [0.717, 1.165) is 49.4 Å². The molecule has 0 saturated carbocycles. The molecule has 3 rings (SSSR count). The lowest BCUT2D eigenvalue weighted by Crippen LogP contribution is -2.30. The van der Waals surface area contributed by atoms with Gasteiger partial charge in [0.15, 0.2) is 0 Å². The van der Waals surface area contributed by atoms with E-state index in [9.17, 15) is 13.2 Å². The maximum Gasteiger partial charge on any atom is 0.416 e. The van der Waals surface area contributed by atoms with Crippen molar-refractivity contribution in [2.45, 2.75) is 32.0 Å². The first-order valence-corrected chi connectivity index (χ1v) is 8.05. The van der Waals surface area contributed by atoms with Gasteiger partial charge in [0.1, 0.15) is 5.82 Å². The number of pyridine rings is 1. The topological polar surface area (TPSA) is 39.9 Å². The maximum atomic E-state index is 12.7. The normalized spacial score (nSPS) is 15.6. The Morgan fingerprint density at radius 2 is 1.67 bits per heavy atom. The molecule has 2 heterocycles. The molecule has 1 N–H and O–H groups in total. The first-order chi connectivity index (χ1) is 11.5. The molecule has 0 bridgehead atoms. The van der Waals surface area contributed by atoms with Crippen LogP contribution in [0.2, 0.25) is 0 Å². The van der Waals surface area contributed by atoms with Crippen molar-refractivity contribution in [1.29, 1.82) is 0 Å². The standard InChI is InChI=1S/C18H19F3N3/c19-18(20,21)15-6-4-14(5-7-15)16-10-13(12-22)11-17(23-16)24-8-2-1-3-9-24/h4-7,10-11,22H,1-3,8-9,12H2/q-1. The van der Waals surface area contributed by atoms with Gasteiger partial charge in [-0.05, 0) is 43.5 Å². The second-order valence-corrected chi connectivity index (χ2v) is 6.02. The number of piperidine rings is 1. The van der Waals surface area contributed by atoms with Gasteiger partial charge < -0.3 is 10.6 Å². The van der Waals surface area contributed by atoms with Gasteiger partial charge in [0.2, 0.25) is 0 Å². The Balaban J connectivity index is 1.94. The fraction of sp³-hybridized carbons (Fsp3) is 0.389. The number of hydrogen-bond donors (Lipinski definition) is 0. The van der Waals surface area contributed by atoms with Crippen molar-refractivity contribution in [3.63, 3.8) is 0 Å². The van der Waals surface area contributed by atoms with E-state index in [-0.39, 0.29) is 6.54 Å². The van der Waals surface area contributed by atoms with Crippen LogP contribution >= 0.6 is 0 Å². The molecule has 3 nitrogen and oxygen atoms in total. The highest BCUT2D eigenvalue weighted by Gasteiger charge is 2.30. The molecule has 0 spiro atoms. The van der Waals surface area contributed by atoms with Crippen LogP contribution < -0.4 is 4.90 Å². The molecule has 1 aliphatic rings. The molecule has 0 atom stereocenters. The molecular formula is C18H19F3N3-. The monoisotopic (exact) mass is 334 g/mol. The number of rotatable bonds is 3. The smallest absolute Gasteiger partial charge is 0.416 e. The summed E-state index contributed by atoms with van der Waals surface area (Å²) in [5.41, 5.74) is 9.04. The SMILES string of the molecule is [NH-]Cc1cc(-c2ccc(C(F)(F)F)cc2)nc(N2CCCCC2)c1. The van der Waals surface area contributed by atoms with Gasteiger partial charge in [-0.25, -0.2) is 4.98 Å². The zero-order valence-electron chi connectivity index (χ0n) is 13.2. The minimum absolute atomic E-state index is 0.122. The van der Waals surface area contributed by atoms with Gasteiger partial charge in [-0.1, -0.05) is 17.7 Å². The number of benzene rings is 1. The van der Waals surface area contributed by atoms with Crippen molar-refractivity contribution in [3.05, 3.63) is 53.3 Å². The number of anilines is 1. The van der Waals surface area contributed by atoms with E-state index in [1.54, 1.807) is 6.07 Å². The van der Waals surface area contributed by atoms with E-state index in [1.165, 1.54) is 18.6 Å². The van der Waals surface area contributed by atoms with Crippen LogP contribution in [0.4, 0.5) is 19.0 Å². The fourth-order valence-electron chi connectivity index (χ4n) is 2.94. The zero-order valence-corrected chi connectivity index (χ0v) is 13.2. The number of nitrogens with one attached hydrogen (secondary N) is 1. The van der Waals surface area contributed by atoms with Crippen molar-refractivity contribution >= 4 is 5.82 Å². The summed E-state index contributed by atoms with van der Waals surface area (Å²) in [6.45, 7) is 1.98. The molecule has 1 saturated heterocycles. The number of nitrogens with zero attached hydrogens (tertiary/aromatic N) is 2. The first kappa shape index (κ1) is 16.8. The molecule has 1 aliphatic heterocycles. The van der Waals surface area contributed by atoms with Gasteiger partial charge in [-0.15, -0.1) is 6.54 Å². The largest absolute Gasteiger partial charge is 0.674 e. The molecule has 2 aromatic rings. The van der Waals surface area contributed by atoms with Crippen molar-refractivity contribution in [3.8, 4) is 11.3 Å². The van der Waals surface area contributed by atoms with E-state index in [0.29, 0.717) is 11.3 Å². The van der Waals surface area contributed by atoms with Crippen molar-refractivity contribution in [2.24, 2.45) is 0 Å². The molecule has 0 unspecified atom stereocenters. The molecule has 0 radical (unpaired) electrons. The van der Waals surface area contributed by atoms with E-state index in [2.05, 4.69) is 9.88 Å². The van der Waals surface area contributed by atoms with Crippen LogP contribution in [-0.4, -0.2) is 18.1 Å². The van der Waals surface area contributed by atoms with Crippen LogP contribution in [0.3, 0.4) is 0 Å². The van der Waals surface area contributed by atoms with Gasteiger partial charge in [-0.3, -0.25) is 0 Å². The van der Waals surface area contributed by atoms with Crippen LogP contribution in [0.15, 0.2) is 36.4 Å². The van der Waals surface area contributed by atoms with Crippen molar-refractivity contribution in [1.82, 2.24) is 4.98 Å². The summed E-state index contributed by atoms with van der Waals surface area (Å²) in [5.74, 6) is 0.814. The Morgan fingerprint density at radius 3 is 2.25 bits per heavy atom. The summed E-state index contributed by atoms with van der Waals surface area (Å²) in [6, 6.07) is 8.72. The molecule has 0 amide bonds. The van der Waals surface area contributed by atoms with E-state index >= 15 is 0 Å². The minimum Gasteiger partial charge on any atom is -0.674 e. The van der Waals surface area contributed by atoms with Crippen LogP contribution in [0.5, 0.6) is 0 Å². The van der Waals surface area contributed by atoms with E-state index in [1.807, 2.05) is 6.07 Å². The van der Waals surface area contributed by atoms with Gasteiger partial charge in [0, 0.05) is 18.7 Å². The molecule has 6 heteroatoms. The Hall–Kier alpha value is -2.08. The van der Waals surface area contributed by atoms with Crippen LogP contribution in [0.25, 0.3) is 17.0 Å². The van der Waals surface area contributed by atoms with E-state index < -0.39 is 11.7 Å². The van der Waals surface area contributed by atoms with Gasteiger partial charge in [0.05, 0.1) is 11.3 Å². The lowest BCUT2D eigenvalue weighted by atomic mass is 10.1. The summed E-state index contributed by atoms with van der Waals surface area (Å²) in [7, 11) is 0. The third-order valence-corrected chi connectivity index (χ3v) is 4.26. The highest BCUT2D eigenvalue weighted by atomic mass is 19.4. The Labute approximate surface area is 139 Å². The Morgan fingerprint density at radius 1 is 1.00 bits per heavy atom. The third kappa shape index (κ3) is 3.70. The summed E-state index contributed by atoms with van der Waals surface area (Å²) in [5, 5.41) is 0. The zero-order chi connectivity index (χ0) is 17.2. The molecule has 24 heavy (non-hydrogen) atoms. The highest BCUT2D eigenvalue weighted by Crippen LogP contribution is 2.31.